The standard InChI is InChI=1S/C12H18O2/c1-8(2)9(3)12-10(13)6-5-7-11(12)14-4/h5-9,13H,1-4H3. The number of benzene rings is 1. The minimum absolute atomic E-state index is 0.297. The van der Waals surface area contributed by atoms with Crippen LogP contribution in [0.2, 0.25) is 0 Å². The number of rotatable bonds is 3. The van der Waals surface area contributed by atoms with E-state index in [9.17, 15) is 5.11 Å². The van der Waals surface area contributed by atoms with E-state index in [0.717, 1.165) is 11.3 Å². The molecule has 0 aliphatic heterocycles. The highest BCUT2D eigenvalue weighted by molar-refractivity contribution is 5.46. The van der Waals surface area contributed by atoms with Gasteiger partial charge in [0, 0.05) is 5.56 Å². The lowest BCUT2D eigenvalue weighted by atomic mass is 9.89. The van der Waals surface area contributed by atoms with Crippen molar-refractivity contribution < 1.29 is 9.84 Å². The third-order valence-corrected chi connectivity index (χ3v) is 2.72. The van der Waals surface area contributed by atoms with E-state index in [2.05, 4.69) is 20.8 Å². The third kappa shape index (κ3) is 2.00. The van der Waals surface area contributed by atoms with Crippen LogP contribution in [0.25, 0.3) is 0 Å². The zero-order valence-electron chi connectivity index (χ0n) is 9.24. The van der Waals surface area contributed by atoms with Gasteiger partial charge in [-0.2, -0.15) is 0 Å². The van der Waals surface area contributed by atoms with Crippen molar-refractivity contribution in [3.05, 3.63) is 23.8 Å². The number of ether oxygens (including phenoxy) is 1. The molecule has 1 rings (SSSR count). The summed E-state index contributed by atoms with van der Waals surface area (Å²) in [5, 5.41) is 9.76. The number of methoxy groups -OCH3 is 1. The fourth-order valence-corrected chi connectivity index (χ4v) is 1.50. The summed E-state index contributed by atoms with van der Waals surface area (Å²) in [5.74, 6) is 1.88. The lowest BCUT2D eigenvalue weighted by Crippen LogP contribution is -2.04. The van der Waals surface area contributed by atoms with Crippen LogP contribution in [0.15, 0.2) is 18.2 Å². The Morgan fingerprint density at radius 1 is 1.21 bits per heavy atom. The van der Waals surface area contributed by atoms with Crippen LogP contribution in [0.1, 0.15) is 32.3 Å². The van der Waals surface area contributed by atoms with Gasteiger partial charge in [-0.1, -0.05) is 26.8 Å². The second-order valence-corrected chi connectivity index (χ2v) is 3.93. The highest BCUT2D eigenvalue weighted by atomic mass is 16.5. The lowest BCUT2D eigenvalue weighted by molar-refractivity contribution is 0.384. The van der Waals surface area contributed by atoms with Gasteiger partial charge in [-0.3, -0.25) is 0 Å². The van der Waals surface area contributed by atoms with Crippen molar-refractivity contribution in [3.63, 3.8) is 0 Å². The van der Waals surface area contributed by atoms with Crippen molar-refractivity contribution in [3.8, 4) is 11.5 Å². The molecule has 0 aromatic heterocycles. The Labute approximate surface area is 85.5 Å². The first-order chi connectivity index (χ1) is 6.57. The maximum atomic E-state index is 9.76. The van der Waals surface area contributed by atoms with Gasteiger partial charge in [-0.05, 0) is 24.0 Å². The highest BCUT2D eigenvalue weighted by Crippen LogP contribution is 2.37. The Morgan fingerprint density at radius 2 is 1.86 bits per heavy atom. The topological polar surface area (TPSA) is 29.5 Å². The zero-order chi connectivity index (χ0) is 10.7. The van der Waals surface area contributed by atoms with Gasteiger partial charge in [0.05, 0.1) is 7.11 Å². The molecular weight excluding hydrogens is 176 g/mol. The molecule has 0 spiro atoms. The van der Waals surface area contributed by atoms with E-state index in [1.807, 2.05) is 6.07 Å². The smallest absolute Gasteiger partial charge is 0.126 e. The van der Waals surface area contributed by atoms with Crippen LogP contribution in [0.5, 0.6) is 11.5 Å². The van der Waals surface area contributed by atoms with Gasteiger partial charge in [0.15, 0.2) is 0 Å². The van der Waals surface area contributed by atoms with E-state index < -0.39 is 0 Å². The van der Waals surface area contributed by atoms with Gasteiger partial charge in [0.25, 0.3) is 0 Å². The first kappa shape index (κ1) is 10.9. The quantitative estimate of drug-likeness (QED) is 0.800. The van der Waals surface area contributed by atoms with Crippen molar-refractivity contribution in [2.75, 3.05) is 7.11 Å². The SMILES string of the molecule is COc1cccc(O)c1C(C)C(C)C. The molecule has 1 atom stereocenters. The summed E-state index contributed by atoms with van der Waals surface area (Å²) in [6.45, 7) is 6.37. The van der Waals surface area contributed by atoms with E-state index in [0.29, 0.717) is 17.6 Å². The van der Waals surface area contributed by atoms with Gasteiger partial charge < -0.3 is 9.84 Å². The zero-order valence-corrected chi connectivity index (χ0v) is 9.24. The molecule has 0 bridgehead atoms. The summed E-state index contributed by atoms with van der Waals surface area (Å²) in [7, 11) is 1.63. The summed E-state index contributed by atoms with van der Waals surface area (Å²) < 4.78 is 5.24. The van der Waals surface area contributed by atoms with Crippen molar-refractivity contribution in [1.29, 1.82) is 0 Å². The van der Waals surface area contributed by atoms with E-state index >= 15 is 0 Å². The van der Waals surface area contributed by atoms with E-state index in [1.54, 1.807) is 19.2 Å². The molecule has 0 radical (unpaired) electrons. The molecule has 1 N–H and O–H groups in total. The molecule has 0 saturated heterocycles. The number of hydrogen-bond acceptors (Lipinski definition) is 2. The summed E-state index contributed by atoms with van der Waals surface area (Å²) in [5.41, 5.74) is 0.907. The van der Waals surface area contributed by atoms with E-state index in [1.165, 1.54) is 0 Å². The molecule has 1 aromatic carbocycles. The maximum absolute atomic E-state index is 9.76. The molecule has 0 heterocycles. The second kappa shape index (κ2) is 4.36. The summed E-state index contributed by atoms with van der Waals surface area (Å²) in [6.07, 6.45) is 0. The predicted molar refractivity (Wildman–Crippen MR) is 57.9 cm³/mol. The van der Waals surface area contributed by atoms with Gasteiger partial charge in [-0.15, -0.1) is 0 Å². The summed E-state index contributed by atoms with van der Waals surface area (Å²) in [4.78, 5) is 0. The lowest BCUT2D eigenvalue weighted by Gasteiger charge is -2.19. The minimum Gasteiger partial charge on any atom is -0.508 e. The Bertz CT molecular complexity index is 305. The maximum Gasteiger partial charge on any atom is 0.126 e. The molecule has 1 unspecified atom stereocenters. The molecule has 2 nitrogen and oxygen atoms in total. The molecule has 1 aromatic rings. The van der Waals surface area contributed by atoms with Crippen LogP contribution in [-0.4, -0.2) is 12.2 Å². The van der Waals surface area contributed by atoms with Crippen LogP contribution >= 0.6 is 0 Å². The molecule has 2 heteroatoms. The number of aromatic hydroxyl groups is 1. The molecule has 78 valence electrons. The monoisotopic (exact) mass is 194 g/mol. The Kier molecular flexibility index (Phi) is 3.39. The van der Waals surface area contributed by atoms with Crippen molar-refractivity contribution in [1.82, 2.24) is 0 Å². The fraction of sp³-hybridized carbons (Fsp3) is 0.500. The average Bonchev–Trinajstić information content (AvgIpc) is 2.16. The summed E-state index contributed by atoms with van der Waals surface area (Å²) in [6, 6.07) is 5.38. The Balaban J connectivity index is 3.16. The number of phenols is 1. The van der Waals surface area contributed by atoms with Crippen molar-refractivity contribution >= 4 is 0 Å². The molecule has 0 amide bonds. The molecule has 0 aliphatic carbocycles. The van der Waals surface area contributed by atoms with Crippen LogP contribution in [-0.2, 0) is 0 Å². The first-order valence-electron chi connectivity index (χ1n) is 4.93. The Hall–Kier alpha value is -1.18. The molecular formula is C12H18O2. The van der Waals surface area contributed by atoms with Gasteiger partial charge in [-0.25, -0.2) is 0 Å². The van der Waals surface area contributed by atoms with Crippen LogP contribution in [0.4, 0.5) is 0 Å². The Morgan fingerprint density at radius 3 is 2.36 bits per heavy atom. The third-order valence-electron chi connectivity index (χ3n) is 2.72. The fourth-order valence-electron chi connectivity index (χ4n) is 1.50. The van der Waals surface area contributed by atoms with E-state index in [-0.39, 0.29) is 0 Å². The van der Waals surface area contributed by atoms with E-state index in [4.69, 9.17) is 4.74 Å². The van der Waals surface area contributed by atoms with Crippen LogP contribution in [0, 0.1) is 5.92 Å². The predicted octanol–water partition coefficient (Wildman–Crippen LogP) is 3.16. The average molecular weight is 194 g/mol. The van der Waals surface area contributed by atoms with Gasteiger partial charge >= 0.3 is 0 Å². The molecule has 14 heavy (non-hydrogen) atoms. The minimum atomic E-state index is 0.297. The van der Waals surface area contributed by atoms with Crippen molar-refractivity contribution in [2.45, 2.75) is 26.7 Å². The normalized spacial score (nSPS) is 12.9. The highest BCUT2D eigenvalue weighted by Gasteiger charge is 2.18. The second-order valence-electron chi connectivity index (χ2n) is 3.93. The summed E-state index contributed by atoms with van der Waals surface area (Å²) >= 11 is 0. The van der Waals surface area contributed by atoms with Crippen LogP contribution < -0.4 is 4.74 Å². The number of phenolic OH excluding ortho intramolecular Hbond substituents is 1. The van der Waals surface area contributed by atoms with Gasteiger partial charge in [0.1, 0.15) is 11.5 Å². The molecule has 0 fully saturated rings. The van der Waals surface area contributed by atoms with Gasteiger partial charge in [0.2, 0.25) is 0 Å². The first-order valence-corrected chi connectivity index (χ1v) is 4.93. The largest absolute Gasteiger partial charge is 0.508 e. The van der Waals surface area contributed by atoms with Crippen molar-refractivity contribution in [2.24, 2.45) is 5.92 Å². The van der Waals surface area contributed by atoms with Crippen LogP contribution in [0.3, 0.4) is 0 Å². The molecule has 0 aliphatic rings. The number of hydrogen-bond donors (Lipinski definition) is 1. The molecule has 0 saturated carbocycles.